The highest BCUT2D eigenvalue weighted by Gasteiger charge is 2.46. The summed E-state index contributed by atoms with van der Waals surface area (Å²) in [5.41, 5.74) is 0.726. The number of hydrogen-bond acceptors (Lipinski definition) is 5. The molecule has 8 heteroatoms. The Labute approximate surface area is 131 Å². The molecule has 1 saturated heterocycles. The van der Waals surface area contributed by atoms with Crippen molar-refractivity contribution in [1.82, 2.24) is 29.8 Å². The average Bonchev–Trinajstić information content (AvgIpc) is 2.99. The molecule has 5 rings (SSSR count). The van der Waals surface area contributed by atoms with Crippen LogP contribution in [0, 0.1) is 11.8 Å². The highest BCUT2D eigenvalue weighted by Crippen LogP contribution is 2.50. The van der Waals surface area contributed by atoms with Crippen LogP contribution in [0.2, 0.25) is 0 Å². The van der Waals surface area contributed by atoms with E-state index in [1.807, 2.05) is 16.8 Å². The van der Waals surface area contributed by atoms with E-state index in [1.165, 1.54) is 12.8 Å². The van der Waals surface area contributed by atoms with Crippen molar-refractivity contribution >= 4 is 11.3 Å². The van der Waals surface area contributed by atoms with Crippen molar-refractivity contribution < 1.29 is 0 Å². The summed E-state index contributed by atoms with van der Waals surface area (Å²) < 4.78 is 1.83. The zero-order valence-corrected chi connectivity index (χ0v) is 12.5. The first-order valence-corrected chi connectivity index (χ1v) is 8.01. The van der Waals surface area contributed by atoms with Crippen molar-refractivity contribution in [1.29, 1.82) is 0 Å². The van der Waals surface area contributed by atoms with Crippen LogP contribution in [-0.4, -0.2) is 36.3 Å². The summed E-state index contributed by atoms with van der Waals surface area (Å²) in [5.74, 6) is 2.86. The van der Waals surface area contributed by atoms with E-state index in [0.29, 0.717) is 11.7 Å². The summed E-state index contributed by atoms with van der Waals surface area (Å²) >= 11 is 0. The van der Waals surface area contributed by atoms with E-state index in [-0.39, 0.29) is 11.7 Å². The molecule has 2 N–H and O–H groups in total. The van der Waals surface area contributed by atoms with Crippen LogP contribution in [0.1, 0.15) is 31.1 Å². The van der Waals surface area contributed by atoms with Crippen LogP contribution in [0.4, 0.5) is 5.82 Å². The van der Waals surface area contributed by atoms with E-state index in [4.69, 9.17) is 0 Å². The van der Waals surface area contributed by atoms with E-state index < -0.39 is 0 Å². The molecule has 23 heavy (non-hydrogen) atoms. The number of hydrogen-bond donors (Lipinski definition) is 2. The lowest BCUT2D eigenvalue weighted by Crippen LogP contribution is -2.28. The number of H-pyrrole nitrogens is 2. The monoisotopic (exact) mass is 311 g/mol. The van der Waals surface area contributed by atoms with Crippen molar-refractivity contribution in [2.75, 3.05) is 11.4 Å². The first-order chi connectivity index (χ1) is 11.3. The van der Waals surface area contributed by atoms with Crippen LogP contribution in [0.5, 0.6) is 0 Å². The van der Waals surface area contributed by atoms with E-state index in [0.717, 1.165) is 30.2 Å². The number of anilines is 1. The van der Waals surface area contributed by atoms with Crippen LogP contribution >= 0.6 is 0 Å². The minimum atomic E-state index is -0.253. The molecule has 2 unspecified atom stereocenters. The minimum absolute atomic E-state index is 0.0649. The van der Waals surface area contributed by atoms with Gasteiger partial charge >= 0.3 is 5.69 Å². The Morgan fingerprint density at radius 3 is 2.91 bits per heavy atom. The van der Waals surface area contributed by atoms with Crippen molar-refractivity contribution in [3.05, 3.63) is 41.0 Å². The van der Waals surface area contributed by atoms with Gasteiger partial charge in [-0.3, -0.25) is 4.98 Å². The van der Waals surface area contributed by atoms with Gasteiger partial charge in [0.2, 0.25) is 0 Å². The number of fused-ring (bicyclic) bond motifs is 1. The fraction of sp³-hybridized carbons (Fsp3) is 0.467. The number of aromatic nitrogens is 6. The molecule has 2 atom stereocenters. The zero-order chi connectivity index (χ0) is 15.4. The van der Waals surface area contributed by atoms with Crippen molar-refractivity contribution in [2.45, 2.75) is 25.3 Å². The maximum atomic E-state index is 11.5. The molecule has 0 amide bonds. The van der Waals surface area contributed by atoms with Crippen LogP contribution in [0.15, 0.2) is 29.5 Å². The number of aromatic amines is 2. The Morgan fingerprint density at radius 2 is 2.13 bits per heavy atom. The van der Waals surface area contributed by atoms with E-state index >= 15 is 0 Å². The summed E-state index contributed by atoms with van der Waals surface area (Å²) in [6.45, 7) is 0.915. The average molecular weight is 311 g/mol. The predicted octanol–water partition coefficient (Wildman–Crippen LogP) is 1.12. The Hall–Kier alpha value is -2.64. The summed E-state index contributed by atoms with van der Waals surface area (Å²) in [6, 6.07) is 2.03. The molecule has 1 saturated carbocycles. The van der Waals surface area contributed by atoms with Crippen LogP contribution in [0.25, 0.3) is 5.52 Å². The third kappa shape index (κ3) is 1.97. The molecule has 0 aromatic carbocycles. The fourth-order valence-electron chi connectivity index (χ4n) is 3.91. The molecule has 2 aliphatic rings. The quantitative estimate of drug-likeness (QED) is 0.756. The molecule has 3 aromatic rings. The molecule has 1 aliphatic carbocycles. The second-order valence-corrected chi connectivity index (χ2v) is 6.40. The van der Waals surface area contributed by atoms with Crippen molar-refractivity contribution in [3.8, 4) is 0 Å². The minimum Gasteiger partial charge on any atom is -0.344 e. The molecule has 0 radical (unpaired) electrons. The topological polar surface area (TPSA) is 95.0 Å². The first kappa shape index (κ1) is 12.9. The van der Waals surface area contributed by atoms with Gasteiger partial charge < -0.3 is 4.90 Å². The lowest BCUT2D eigenvalue weighted by atomic mass is 9.94. The molecule has 4 heterocycles. The maximum Gasteiger partial charge on any atom is 0.340 e. The highest BCUT2D eigenvalue weighted by atomic mass is 16.1. The molecule has 8 nitrogen and oxygen atoms in total. The van der Waals surface area contributed by atoms with Gasteiger partial charge in [0.1, 0.15) is 5.52 Å². The molecule has 0 spiro atoms. The third-order valence-corrected chi connectivity index (χ3v) is 5.05. The Morgan fingerprint density at radius 1 is 1.22 bits per heavy atom. The van der Waals surface area contributed by atoms with Gasteiger partial charge in [0.25, 0.3) is 0 Å². The van der Waals surface area contributed by atoms with Crippen LogP contribution in [0.3, 0.4) is 0 Å². The third-order valence-electron chi connectivity index (χ3n) is 5.05. The van der Waals surface area contributed by atoms with Gasteiger partial charge in [0.15, 0.2) is 11.6 Å². The lowest BCUT2D eigenvalue weighted by molar-refractivity contribution is 0.414. The Balaban J connectivity index is 1.63. The number of nitrogens with zero attached hydrogens (tertiary/aromatic N) is 5. The summed E-state index contributed by atoms with van der Waals surface area (Å²) in [6.07, 6.45) is 9.03. The molecular weight excluding hydrogens is 294 g/mol. The smallest absolute Gasteiger partial charge is 0.340 e. The van der Waals surface area contributed by atoms with Gasteiger partial charge in [-0.05, 0) is 37.2 Å². The lowest BCUT2D eigenvalue weighted by Gasteiger charge is -2.27. The van der Waals surface area contributed by atoms with Gasteiger partial charge in [0.05, 0.1) is 12.2 Å². The van der Waals surface area contributed by atoms with Crippen LogP contribution < -0.4 is 10.6 Å². The molecule has 118 valence electrons. The SMILES string of the molecule is O=c1[nH]nc(C2C(C3CC3)CCN2c2nccn3nccc23)[nH]1. The van der Waals surface area contributed by atoms with Crippen molar-refractivity contribution in [3.63, 3.8) is 0 Å². The summed E-state index contributed by atoms with van der Waals surface area (Å²) in [7, 11) is 0. The van der Waals surface area contributed by atoms with Crippen LogP contribution in [-0.2, 0) is 0 Å². The van der Waals surface area contributed by atoms with Gasteiger partial charge in [-0.15, -0.1) is 0 Å². The number of rotatable bonds is 3. The largest absolute Gasteiger partial charge is 0.344 e. The molecule has 0 bridgehead atoms. The second-order valence-electron chi connectivity index (χ2n) is 6.40. The summed E-state index contributed by atoms with van der Waals surface area (Å²) in [5, 5.41) is 11.0. The predicted molar refractivity (Wildman–Crippen MR) is 83.1 cm³/mol. The summed E-state index contributed by atoms with van der Waals surface area (Å²) in [4.78, 5) is 21.3. The normalized spacial score (nSPS) is 24.6. The van der Waals surface area contributed by atoms with E-state index in [1.54, 1.807) is 12.4 Å². The Kier molecular flexibility index (Phi) is 2.61. The molecular formula is C15H17N7O. The zero-order valence-electron chi connectivity index (χ0n) is 12.5. The van der Waals surface area contributed by atoms with Gasteiger partial charge in [-0.25, -0.2) is 19.4 Å². The van der Waals surface area contributed by atoms with Gasteiger partial charge in [-0.2, -0.15) is 10.2 Å². The molecule has 1 aliphatic heterocycles. The van der Waals surface area contributed by atoms with Gasteiger partial charge in [-0.1, -0.05) is 0 Å². The van der Waals surface area contributed by atoms with Gasteiger partial charge in [0, 0.05) is 18.9 Å². The maximum absolute atomic E-state index is 11.5. The molecule has 3 aromatic heterocycles. The van der Waals surface area contributed by atoms with E-state index in [9.17, 15) is 4.79 Å². The first-order valence-electron chi connectivity index (χ1n) is 8.01. The molecule has 2 fully saturated rings. The van der Waals surface area contributed by atoms with E-state index in [2.05, 4.69) is 30.2 Å². The Bertz CT molecular complexity index is 906. The fourth-order valence-corrected chi connectivity index (χ4v) is 3.91. The highest BCUT2D eigenvalue weighted by molar-refractivity contribution is 5.69. The second kappa shape index (κ2) is 4.68. The van der Waals surface area contributed by atoms with Crippen molar-refractivity contribution in [2.24, 2.45) is 11.8 Å². The number of nitrogens with one attached hydrogen (secondary N) is 2. The standard InChI is InChI=1S/C15H17N7O/c23-15-18-13(19-20-15)12-10(9-1-2-9)4-7-21(12)14-11-3-5-17-22(11)8-6-16-14/h3,5-6,8-10,12H,1-2,4,7H2,(H2,18,19,20,23).